The van der Waals surface area contributed by atoms with Crippen LogP contribution in [0.4, 0.5) is 0 Å². The molecule has 0 aromatic heterocycles. The molecule has 0 heterocycles. The molecule has 1 atom stereocenters. The fourth-order valence-corrected chi connectivity index (χ4v) is 1.95. The molecule has 1 unspecified atom stereocenters. The Morgan fingerprint density at radius 2 is 1.71 bits per heavy atom. The molecule has 0 spiro atoms. The Bertz CT molecular complexity index is 326. The van der Waals surface area contributed by atoms with Crippen molar-refractivity contribution >= 4 is 17.7 Å². The van der Waals surface area contributed by atoms with Crippen LogP contribution in [0.25, 0.3) is 0 Å². The van der Waals surface area contributed by atoms with Gasteiger partial charge in [0.15, 0.2) is 0 Å². The SMILES string of the molecule is COCCCCC(=O)OCCCC(CCC(=O)O)C(C)=O. The van der Waals surface area contributed by atoms with Crippen molar-refractivity contribution in [2.24, 2.45) is 5.92 Å². The van der Waals surface area contributed by atoms with Crippen molar-refractivity contribution in [1.29, 1.82) is 0 Å². The van der Waals surface area contributed by atoms with Crippen LogP contribution in [0.15, 0.2) is 0 Å². The standard InChI is InChI=1S/C15H26O6/c1-12(16)13(8-9-14(17)18)6-5-11-21-15(19)7-3-4-10-20-2/h13H,3-11H2,1-2H3,(H,17,18). The molecule has 0 aliphatic rings. The molecule has 0 saturated heterocycles. The molecule has 0 amide bonds. The van der Waals surface area contributed by atoms with Gasteiger partial charge in [0.2, 0.25) is 0 Å². The molecule has 0 aromatic rings. The Morgan fingerprint density at radius 3 is 2.29 bits per heavy atom. The lowest BCUT2D eigenvalue weighted by Crippen LogP contribution is -2.14. The van der Waals surface area contributed by atoms with E-state index in [1.807, 2.05) is 0 Å². The van der Waals surface area contributed by atoms with Gasteiger partial charge in [0.25, 0.3) is 0 Å². The van der Waals surface area contributed by atoms with Gasteiger partial charge in [0, 0.05) is 32.5 Å². The second-order valence-electron chi connectivity index (χ2n) is 5.05. The lowest BCUT2D eigenvalue weighted by Gasteiger charge is -2.12. The lowest BCUT2D eigenvalue weighted by atomic mass is 9.94. The number of rotatable bonds is 13. The highest BCUT2D eigenvalue weighted by molar-refractivity contribution is 5.79. The quantitative estimate of drug-likeness (QED) is 0.414. The molecular formula is C15H26O6. The number of carboxylic acid groups (broad SMARTS) is 1. The Balaban J connectivity index is 3.72. The number of ketones is 1. The van der Waals surface area contributed by atoms with Gasteiger partial charge in [-0.25, -0.2) is 0 Å². The summed E-state index contributed by atoms with van der Waals surface area (Å²) in [6.45, 7) is 2.38. The highest BCUT2D eigenvalue weighted by Crippen LogP contribution is 2.15. The topological polar surface area (TPSA) is 89.9 Å². The van der Waals surface area contributed by atoms with Gasteiger partial charge >= 0.3 is 11.9 Å². The Hall–Kier alpha value is -1.43. The predicted molar refractivity (Wildman–Crippen MR) is 77.0 cm³/mol. The number of carbonyl (C=O) groups excluding carboxylic acids is 2. The molecule has 6 nitrogen and oxygen atoms in total. The van der Waals surface area contributed by atoms with E-state index in [2.05, 4.69) is 0 Å². The zero-order chi connectivity index (χ0) is 16.1. The van der Waals surface area contributed by atoms with E-state index in [4.69, 9.17) is 14.6 Å². The number of Topliss-reactive ketones (excluding diaryl/α,β-unsaturated/α-hetero) is 1. The lowest BCUT2D eigenvalue weighted by molar-refractivity contribution is -0.144. The summed E-state index contributed by atoms with van der Waals surface area (Å²) in [7, 11) is 1.62. The Morgan fingerprint density at radius 1 is 1.00 bits per heavy atom. The average molecular weight is 302 g/mol. The van der Waals surface area contributed by atoms with E-state index >= 15 is 0 Å². The van der Waals surface area contributed by atoms with E-state index in [-0.39, 0.29) is 30.7 Å². The average Bonchev–Trinajstić information content (AvgIpc) is 2.42. The summed E-state index contributed by atoms with van der Waals surface area (Å²) in [4.78, 5) is 33.3. The van der Waals surface area contributed by atoms with Crippen LogP contribution in [0.5, 0.6) is 0 Å². The van der Waals surface area contributed by atoms with E-state index in [0.717, 1.165) is 12.8 Å². The Kier molecular flexibility index (Phi) is 11.5. The molecule has 6 heteroatoms. The minimum absolute atomic E-state index is 0.0104. The molecular weight excluding hydrogens is 276 g/mol. The predicted octanol–water partition coefficient (Wildman–Crippen LogP) is 2.20. The number of carboxylic acids is 1. The maximum Gasteiger partial charge on any atom is 0.305 e. The van der Waals surface area contributed by atoms with Crippen LogP contribution in [-0.4, -0.2) is 43.2 Å². The highest BCUT2D eigenvalue weighted by Gasteiger charge is 2.15. The molecule has 0 bridgehead atoms. The van der Waals surface area contributed by atoms with E-state index in [1.165, 1.54) is 6.92 Å². The maximum atomic E-state index is 11.4. The van der Waals surface area contributed by atoms with Gasteiger partial charge < -0.3 is 14.6 Å². The van der Waals surface area contributed by atoms with Crippen molar-refractivity contribution in [3.63, 3.8) is 0 Å². The largest absolute Gasteiger partial charge is 0.481 e. The number of methoxy groups -OCH3 is 1. The normalized spacial score (nSPS) is 11.9. The highest BCUT2D eigenvalue weighted by atomic mass is 16.5. The zero-order valence-electron chi connectivity index (χ0n) is 12.9. The third-order valence-electron chi connectivity index (χ3n) is 3.22. The molecule has 0 aromatic carbocycles. The number of aliphatic carboxylic acids is 1. The molecule has 0 aliphatic heterocycles. The number of hydrogen-bond donors (Lipinski definition) is 1. The molecule has 0 aliphatic carbocycles. The van der Waals surface area contributed by atoms with E-state index in [9.17, 15) is 14.4 Å². The fraction of sp³-hybridized carbons (Fsp3) is 0.800. The minimum Gasteiger partial charge on any atom is -0.481 e. The van der Waals surface area contributed by atoms with Crippen LogP contribution in [0, 0.1) is 5.92 Å². The van der Waals surface area contributed by atoms with Crippen molar-refractivity contribution in [3.05, 3.63) is 0 Å². The summed E-state index contributed by atoms with van der Waals surface area (Å²) < 4.78 is 9.96. The van der Waals surface area contributed by atoms with Crippen molar-refractivity contribution in [2.45, 2.75) is 51.9 Å². The number of carbonyl (C=O) groups is 3. The van der Waals surface area contributed by atoms with Gasteiger partial charge in [0.05, 0.1) is 6.61 Å². The summed E-state index contributed by atoms with van der Waals surface area (Å²) in [5.74, 6) is -1.41. The first kappa shape index (κ1) is 19.6. The first-order valence-corrected chi connectivity index (χ1v) is 7.34. The third kappa shape index (κ3) is 12.1. The summed E-state index contributed by atoms with van der Waals surface area (Å²) in [6.07, 6.45) is 3.40. The summed E-state index contributed by atoms with van der Waals surface area (Å²) in [5, 5.41) is 8.62. The first-order chi connectivity index (χ1) is 9.97. The zero-order valence-corrected chi connectivity index (χ0v) is 12.9. The van der Waals surface area contributed by atoms with E-state index in [0.29, 0.717) is 32.3 Å². The number of hydrogen-bond acceptors (Lipinski definition) is 5. The number of esters is 1. The van der Waals surface area contributed by atoms with E-state index in [1.54, 1.807) is 7.11 Å². The second kappa shape index (κ2) is 12.3. The van der Waals surface area contributed by atoms with Crippen LogP contribution < -0.4 is 0 Å². The van der Waals surface area contributed by atoms with Crippen molar-refractivity contribution < 1.29 is 29.0 Å². The first-order valence-electron chi connectivity index (χ1n) is 7.34. The van der Waals surface area contributed by atoms with Crippen LogP contribution in [-0.2, 0) is 23.9 Å². The van der Waals surface area contributed by atoms with Gasteiger partial charge in [-0.1, -0.05) is 0 Å². The van der Waals surface area contributed by atoms with Crippen LogP contribution in [0.3, 0.4) is 0 Å². The number of ether oxygens (including phenoxy) is 2. The Labute approximate surface area is 125 Å². The van der Waals surface area contributed by atoms with Crippen LogP contribution >= 0.6 is 0 Å². The van der Waals surface area contributed by atoms with Gasteiger partial charge in [0.1, 0.15) is 5.78 Å². The van der Waals surface area contributed by atoms with Gasteiger partial charge in [-0.3, -0.25) is 14.4 Å². The van der Waals surface area contributed by atoms with Crippen molar-refractivity contribution in [2.75, 3.05) is 20.3 Å². The maximum absolute atomic E-state index is 11.4. The molecule has 0 saturated carbocycles. The smallest absolute Gasteiger partial charge is 0.305 e. The van der Waals surface area contributed by atoms with Gasteiger partial charge in [-0.15, -0.1) is 0 Å². The summed E-state index contributed by atoms with van der Waals surface area (Å²) in [5.41, 5.74) is 0. The van der Waals surface area contributed by atoms with Crippen molar-refractivity contribution in [3.8, 4) is 0 Å². The van der Waals surface area contributed by atoms with Crippen LogP contribution in [0.2, 0.25) is 0 Å². The van der Waals surface area contributed by atoms with E-state index < -0.39 is 5.97 Å². The van der Waals surface area contributed by atoms with Gasteiger partial charge in [-0.2, -0.15) is 0 Å². The molecule has 0 fully saturated rings. The molecule has 21 heavy (non-hydrogen) atoms. The molecule has 1 N–H and O–H groups in total. The summed E-state index contributed by atoms with van der Waals surface area (Å²) in [6, 6.07) is 0. The monoisotopic (exact) mass is 302 g/mol. The molecule has 122 valence electrons. The van der Waals surface area contributed by atoms with Gasteiger partial charge in [-0.05, 0) is 39.0 Å². The second-order valence-corrected chi connectivity index (χ2v) is 5.05. The van der Waals surface area contributed by atoms with Crippen molar-refractivity contribution in [1.82, 2.24) is 0 Å². The molecule has 0 rings (SSSR count). The molecule has 0 radical (unpaired) electrons. The fourth-order valence-electron chi connectivity index (χ4n) is 1.95. The summed E-state index contributed by atoms with van der Waals surface area (Å²) >= 11 is 0. The van der Waals surface area contributed by atoms with Crippen LogP contribution in [0.1, 0.15) is 51.9 Å². The minimum atomic E-state index is -0.899. The number of unbranched alkanes of at least 4 members (excludes halogenated alkanes) is 1. The third-order valence-corrected chi connectivity index (χ3v) is 3.22.